The lowest BCUT2D eigenvalue weighted by molar-refractivity contribution is -0.174. The molecule has 0 aliphatic heterocycles. The van der Waals surface area contributed by atoms with Gasteiger partial charge in [-0.3, -0.25) is 0 Å². The molecule has 0 rings (SSSR count). The van der Waals surface area contributed by atoms with Gasteiger partial charge in [-0.15, -0.1) is 0 Å². The third-order valence-corrected chi connectivity index (χ3v) is 0.896. The average Bonchev–Trinajstić information content (AvgIpc) is 1.98. The number of rotatable bonds is 5. The van der Waals surface area contributed by atoms with E-state index in [1.807, 2.05) is 0 Å². The van der Waals surface area contributed by atoms with Crippen molar-refractivity contribution in [1.82, 2.24) is 0 Å². The molecule has 2 atom stereocenters. The van der Waals surface area contributed by atoms with Crippen molar-refractivity contribution in [3.05, 3.63) is 0 Å². The van der Waals surface area contributed by atoms with Crippen LogP contribution in [0.4, 0.5) is 0 Å². The lowest BCUT2D eigenvalue weighted by atomic mass is 10.4. The van der Waals surface area contributed by atoms with E-state index in [-0.39, 0.29) is 13.2 Å². The van der Waals surface area contributed by atoms with Crippen molar-refractivity contribution >= 4 is 0 Å². The van der Waals surface area contributed by atoms with E-state index in [2.05, 4.69) is 4.74 Å². The summed E-state index contributed by atoms with van der Waals surface area (Å²) < 4.78 is 4.44. The molecular formula is C5H12O5. The van der Waals surface area contributed by atoms with Crippen LogP contribution in [-0.4, -0.2) is 52.6 Å². The molecule has 0 heterocycles. The van der Waals surface area contributed by atoms with E-state index in [1.165, 1.54) is 0 Å². The van der Waals surface area contributed by atoms with Crippen LogP contribution in [0.1, 0.15) is 0 Å². The van der Waals surface area contributed by atoms with Gasteiger partial charge in [0.1, 0.15) is 6.10 Å². The zero-order valence-electron chi connectivity index (χ0n) is 5.47. The van der Waals surface area contributed by atoms with E-state index in [9.17, 15) is 0 Å². The van der Waals surface area contributed by atoms with Crippen molar-refractivity contribution in [3.8, 4) is 0 Å². The second kappa shape index (κ2) is 5.57. The van der Waals surface area contributed by atoms with E-state index < -0.39 is 19.0 Å². The van der Waals surface area contributed by atoms with Crippen molar-refractivity contribution in [2.24, 2.45) is 0 Å². The van der Waals surface area contributed by atoms with Crippen LogP contribution >= 0.6 is 0 Å². The minimum Gasteiger partial charge on any atom is -0.394 e. The molecule has 5 heteroatoms. The first-order valence-corrected chi connectivity index (χ1v) is 2.91. The summed E-state index contributed by atoms with van der Waals surface area (Å²) in [5.74, 6) is 0. The van der Waals surface area contributed by atoms with Gasteiger partial charge in [0.15, 0.2) is 6.29 Å². The average molecular weight is 152 g/mol. The lowest BCUT2D eigenvalue weighted by Crippen LogP contribution is -2.32. The van der Waals surface area contributed by atoms with Gasteiger partial charge in [-0.2, -0.15) is 0 Å². The van der Waals surface area contributed by atoms with Crippen LogP contribution in [0.15, 0.2) is 0 Å². The minimum atomic E-state index is -1.42. The van der Waals surface area contributed by atoms with Crippen molar-refractivity contribution < 1.29 is 25.2 Å². The second-order valence-electron chi connectivity index (χ2n) is 1.73. The van der Waals surface area contributed by atoms with Crippen LogP contribution < -0.4 is 0 Å². The summed E-state index contributed by atoms with van der Waals surface area (Å²) in [6.45, 7) is -0.847. The van der Waals surface area contributed by atoms with Crippen molar-refractivity contribution in [2.75, 3.05) is 19.8 Å². The number of hydrogen-bond acceptors (Lipinski definition) is 5. The van der Waals surface area contributed by atoms with Gasteiger partial charge in [0.05, 0.1) is 19.8 Å². The Balaban J connectivity index is 3.31. The SMILES string of the molecule is OCCOC(O)[C@@H](O)CO. The summed E-state index contributed by atoms with van der Waals surface area (Å²) >= 11 is 0. The molecule has 0 bridgehead atoms. The second-order valence-corrected chi connectivity index (χ2v) is 1.73. The highest BCUT2D eigenvalue weighted by molar-refractivity contribution is 4.54. The number of aliphatic hydroxyl groups excluding tert-OH is 4. The minimum absolute atomic E-state index is 0.0573. The highest BCUT2D eigenvalue weighted by Crippen LogP contribution is 1.93. The molecule has 0 radical (unpaired) electrons. The molecule has 0 aromatic carbocycles. The van der Waals surface area contributed by atoms with E-state index in [0.717, 1.165) is 0 Å². The Hall–Kier alpha value is -0.200. The van der Waals surface area contributed by atoms with Crippen LogP contribution in [0.25, 0.3) is 0 Å². The van der Waals surface area contributed by atoms with Crippen molar-refractivity contribution in [2.45, 2.75) is 12.4 Å². The standard InChI is InChI=1S/C5H12O5/c6-1-2-10-5(9)4(8)3-7/h4-9H,1-3H2/t4-,5?/m0/s1. The molecule has 0 aliphatic carbocycles. The normalized spacial score (nSPS) is 16.8. The Morgan fingerprint density at radius 2 is 1.80 bits per heavy atom. The predicted molar refractivity (Wildman–Crippen MR) is 32.1 cm³/mol. The molecule has 0 saturated heterocycles. The molecule has 1 unspecified atom stereocenters. The molecule has 4 N–H and O–H groups in total. The van der Waals surface area contributed by atoms with Crippen molar-refractivity contribution in [1.29, 1.82) is 0 Å². The fourth-order valence-electron chi connectivity index (χ4n) is 0.375. The maximum atomic E-state index is 8.71. The Labute approximate surface area is 58.5 Å². The lowest BCUT2D eigenvalue weighted by Gasteiger charge is -2.14. The van der Waals surface area contributed by atoms with E-state index in [4.69, 9.17) is 20.4 Å². The van der Waals surface area contributed by atoms with Crippen LogP contribution in [0, 0.1) is 0 Å². The largest absolute Gasteiger partial charge is 0.394 e. The van der Waals surface area contributed by atoms with Crippen molar-refractivity contribution in [3.63, 3.8) is 0 Å². The van der Waals surface area contributed by atoms with Gasteiger partial charge in [-0.25, -0.2) is 0 Å². The van der Waals surface area contributed by atoms with Gasteiger partial charge in [0.2, 0.25) is 0 Å². The van der Waals surface area contributed by atoms with Crippen LogP contribution in [0.5, 0.6) is 0 Å². The van der Waals surface area contributed by atoms with Crippen LogP contribution in [-0.2, 0) is 4.74 Å². The number of hydrogen-bond donors (Lipinski definition) is 4. The first-order valence-electron chi connectivity index (χ1n) is 2.91. The van der Waals surface area contributed by atoms with E-state index >= 15 is 0 Å². The molecule has 10 heavy (non-hydrogen) atoms. The van der Waals surface area contributed by atoms with Gasteiger partial charge >= 0.3 is 0 Å². The Morgan fingerprint density at radius 1 is 1.20 bits per heavy atom. The van der Waals surface area contributed by atoms with Gasteiger partial charge in [-0.05, 0) is 0 Å². The molecular weight excluding hydrogens is 140 g/mol. The molecule has 0 aromatic rings. The maximum Gasteiger partial charge on any atom is 0.183 e. The maximum absolute atomic E-state index is 8.71. The zero-order valence-corrected chi connectivity index (χ0v) is 5.47. The number of ether oxygens (including phenoxy) is 1. The first kappa shape index (κ1) is 9.80. The van der Waals surface area contributed by atoms with Gasteiger partial charge < -0.3 is 25.2 Å². The molecule has 62 valence electrons. The fourth-order valence-corrected chi connectivity index (χ4v) is 0.375. The fraction of sp³-hybridized carbons (Fsp3) is 1.00. The molecule has 0 aromatic heterocycles. The topological polar surface area (TPSA) is 90.2 Å². The number of aliphatic hydroxyl groups is 4. The molecule has 0 aliphatic rings. The summed E-state index contributed by atoms with van der Waals surface area (Å²) in [4.78, 5) is 0. The Bertz CT molecular complexity index is 76.4. The third kappa shape index (κ3) is 3.76. The van der Waals surface area contributed by atoms with Gasteiger partial charge in [0, 0.05) is 0 Å². The summed E-state index contributed by atoms with van der Waals surface area (Å²) in [7, 11) is 0. The monoisotopic (exact) mass is 152 g/mol. The summed E-state index contributed by atoms with van der Waals surface area (Å²) in [6, 6.07) is 0. The summed E-state index contributed by atoms with van der Waals surface area (Å²) in [5.41, 5.74) is 0. The van der Waals surface area contributed by atoms with Gasteiger partial charge in [0.25, 0.3) is 0 Å². The zero-order chi connectivity index (χ0) is 7.98. The summed E-state index contributed by atoms with van der Waals surface area (Å²) in [5, 5.41) is 33.8. The van der Waals surface area contributed by atoms with Gasteiger partial charge in [-0.1, -0.05) is 0 Å². The predicted octanol–water partition coefficient (Wildman–Crippen LogP) is -2.33. The molecule has 0 spiro atoms. The van der Waals surface area contributed by atoms with Crippen LogP contribution in [0.2, 0.25) is 0 Å². The van der Waals surface area contributed by atoms with Crippen LogP contribution in [0.3, 0.4) is 0 Å². The Morgan fingerprint density at radius 3 is 2.20 bits per heavy atom. The molecule has 5 nitrogen and oxygen atoms in total. The van der Waals surface area contributed by atoms with E-state index in [0.29, 0.717) is 0 Å². The smallest absolute Gasteiger partial charge is 0.183 e. The summed E-state index contributed by atoms with van der Waals surface area (Å²) in [6.07, 6.45) is -2.72. The Kier molecular flexibility index (Phi) is 5.46. The molecule has 0 saturated carbocycles. The highest BCUT2D eigenvalue weighted by Gasteiger charge is 2.14. The van der Waals surface area contributed by atoms with E-state index in [1.54, 1.807) is 0 Å². The molecule has 0 amide bonds. The highest BCUT2D eigenvalue weighted by atomic mass is 16.6. The molecule has 0 fully saturated rings. The quantitative estimate of drug-likeness (QED) is 0.332. The third-order valence-electron chi connectivity index (χ3n) is 0.896. The first-order chi connectivity index (χ1) is 4.72.